The van der Waals surface area contributed by atoms with E-state index >= 15 is 0 Å². The molecule has 0 spiro atoms. The highest BCUT2D eigenvalue weighted by atomic mass is 35.5. The molecule has 4 rings (SSSR count). The highest BCUT2D eigenvalue weighted by Crippen LogP contribution is 2.36. The molecule has 1 aliphatic rings. The van der Waals surface area contributed by atoms with Gasteiger partial charge in [0, 0.05) is 10.6 Å². The van der Waals surface area contributed by atoms with Crippen molar-refractivity contribution in [3.8, 4) is 11.4 Å². The first kappa shape index (κ1) is 18.1. The Morgan fingerprint density at radius 2 is 1.96 bits per heavy atom. The zero-order valence-electron chi connectivity index (χ0n) is 15.3. The van der Waals surface area contributed by atoms with Crippen LogP contribution in [0.25, 0.3) is 11.4 Å². The lowest BCUT2D eigenvalue weighted by Crippen LogP contribution is -2.59. The number of hydrogen-bond acceptors (Lipinski definition) is 5. The molecule has 9 heteroatoms. The lowest BCUT2D eigenvalue weighted by atomic mass is 9.96. The highest BCUT2D eigenvalue weighted by molar-refractivity contribution is 6.30. The smallest absolute Gasteiger partial charge is 0.251 e. The lowest BCUT2D eigenvalue weighted by molar-refractivity contribution is -0.127. The number of rotatable bonds is 3. The van der Waals surface area contributed by atoms with E-state index in [9.17, 15) is 9.59 Å². The second kappa shape index (κ2) is 6.72. The maximum atomic E-state index is 13.1. The molecule has 3 aromatic rings. The standard InChI is InChI=1S/C19H17ClN6O2/c1-19(2)18(28)21-14-8-3-4-9-15(14)26(19)16(27)11-25-23-17(22-24-25)12-6-5-7-13(20)10-12/h3-10H,11H2,1-2H3,(H,21,28). The van der Waals surface area contributed by atoms with Crippen LogP contribution in [-0.4, -0.2) is 37.6 Å². The van der Waals surface area contributed by atoms with Crippen LogP contribution in [0.3, 0.4) is 0 Å². The number of carbonyl (C=O) groups excluding carboxylic acids is 2. The number of nitrogens with zero attached hydrogens (tertiary/aromatic N) is 5. The molecule has 142 valence electrons. The van der Waals surface area contributed by atoms with E-state index < -0.39 is 5.54 Å². The largest absolute Gasteiger partial charge is 0.322 e. The third kappa shape index (κ3) is 3.11. The summed E-state index contributed by atoms with van der Waals surface area (Å²) < 4.78 is 0. The average molecular weight is 397 g/mol. The van der Waals surface area contributed by atoms with Gasteiger partial charge in [-0.3, -0.25) is 14.5 Å². The molecule has 2 aromatic carbocycles. The van der Waals surface area contributed by atoms with Gasteiger partial charge in [-0.15, -0.1) is 10.2 Å². The van der Waals surface area contributed by atoms with Crippen LogP contribution in [0.5, 0.6) is 0 Å². The number of hydrogen-bond donors (Lipinski definition) is 1. The minimum absolute atomic E-state index is 0.154. The van der Waals surface area contributed by atoms with E-state index in [1.54, 1.807) is 50.2 Å². The summed E-state index contributed by atoms with van der Waals surface area (Å²) in [6.07, 6.45) is 0. The van der Waals surface area contributed by atoms with E-state index in [1.807, 2.05) is 12.1 Å². The molecule has 0 aliphatic carbocycles. The van der Waals surface area contributed by atoms with Crippen molar-refractivity contribution in [2.45, 2.75) is 25.9 Å². The molecule has 0 saturated heterocycles. The molecule has 8 nitrogen and oxygen atoms in total. The number of halogens is 1. The van der Waals surface area contributed by atoms with Crippen LogP contribution in [0.4, 0.5) is 11.4 Å². The molecular weight excluding hydrogens is 380 g/mol. The number of fused-ring (bicyclic) bond motifs is 1. The molecule has 0 bridgehead atoms. The first-order valence-corrected chi connectivity index (χ1v) is 9.01. The summed E-state index contributed by atoms with van der Waals surface area (Å²) in [5, 5.41) is 15.6. The van der Waals surface area contributed by atoms with Gasteiger partial charge in [-0.1, -0.05) is 35.9 Å². The summed E-state index contributed by atoms with van der Waals surface area (Å²) in [7, 11) is 0. The van der Waals surface area contributed by atoms with Gasteiger partial charge < -0.3 is 5.32 Å². The summed E-state index contributed by atoms with van der Waals surface area (Å²) >= 11 is 6.00. The van der Waals surface area contributed by atoms with Gasteiger partial charge >= 0.3 is 0 Å². The Labute approximate surface area is 166 Å². The summed E-state index contributed by atoms with van der Waals surface area (Å²) in [6.45, 7) is 3.24. The first-order valence-electron chi connectivity index (χ1n) is 8.63. The number of para-hydroxylation sites is 2. The van der Waals surface area contributed by atoms with Gasteiger partial charge in [-0.2, -0.15) is 4.80 Å². The van der Waals surface area contributed by atoms with Crippen molar-refractivity contribution >= 4 is 34.8 Å². The van der Waals surface area contributed by atoms with Crippen molar-refractivity contribution in [3.63, 3.8) is 0 Å². The van der Waals surface area contributed by atoms with Crippen molar-refractivity contribution < 1.29 is 9.59 Å². The van der Waals surface area contributed by atoms with E-state index in [2.05, 4.69) is 20.7 Å². The average Bonchev–Trinajstić information content (AvgIpc) is 3.11. The SMILES string of the molecule is CC1(C)C(=O)Nc2ccccc2N1C(=O)Cn1nnc(-c2cccc(Cl)c2)n1. The van der Waals surface area contributed by atoms with Crippen molar-refractivity contribution in [1.82, 2.24) is 20.2 Å². The number of anilines is 2. The molecule has 1 aromatic heterocycles. The van der Waals surface area contributed by atoms with Crippen LogP contribution in [0.2, 0.25) is 5.02 Å². The topological polar surface area (TPSA) is 93.0 Å². The predicted octanol–water partition coefficient (Wildman–Crippen LogP) is 2.76. The lowest BCUT2D eigenvalue weighted by Gasteiger charge is -2.41. The molecule has 28 heavy (non-hydrogen) atoms. The van der Waals surface area contributed by atoms with Crippen molar-refractivity contribution in [2.75, 3.05) is 10.2 Å². The fraction of sp³-hybridized carbons (Fsp3) is 0.211. The number of amides is 2. The molecule has 0 atom stereocenters. The third-order valence-electron chi connectivity index (χ3n) is 4.57. The van der Waals surface area contributed by atoms with Crippen molar-refractivity contribution in [1.29, 1.82) is 0 Å². The summed E-state index contributed by atoms with van der Waals surface area (Å²) in [5.41, 5.74) is 0.870. The van der Waals surface area contributed by atoms with Crippen LogP contribution in [0.1, 0.15) is 13.8 Å². The van der Waals surface area contributed by atoms with Gasteiger partial charge in [0.1, 0.15) is 12.1 Å². The molecular formula is C19H17ClN6O2. The van der Waals surface area contributed by atoms with Crippen molar-refractivity contribution in [2.24, 2.45) is 0 Å². The Kier molecular flexibility index (Phi) is 4.35. The number of aromatic nitrogens is 4. The van der Waals surface area contributed by atoms with Gasteiger partial charge in [0.25, 0.3) is 5.91 Å². The minimum atomic E-state index is -1.05. The Hall–Kier alpha value is -3.26. The monoisotopic (exact) mass is 396 g/mol. The second-order valence-electron chi connectivity index (χ2n) is 6.91. The molecule has 2 heterocycles. The fourth-order valence-electron chi connectivity index (χ4n) is 3.14. The minimum Gasteiger partial charge on any atom is -0.322 e. The van der Waals surface area contributed by atoms with Gasteiger partial charge in [-0.05, 0) is 43.3 Å². The Morgan fingerprint density at radius 1 is 1.18 bits per heavy atom. The fourth-order valence-corrected chi connectivity index (χ4v) is 3.33. The molecule has 1 aliphatic heterocycles. The zero-order valence-corrected chi connectivity index (χ0v) is 16.0. The molecule has 0 radical (unpaired) electrons. The maximum Gasteiger partial charge on any atom is 0.251 e. The van der Waals surface area contributed by atoms with Gasteiger partial charge in [0.2, 0.25) is 11.7 Å². The molecule has 0 unspecified atom stereocenters. The van der Waals surface area contributed by atoms with Gasteiger partial charge in [-0.25, -0.2) is 0 Å². The summed E-state index contributed by atoms with van der Waals surface area (Å²) in [4.78, 5) is 28.3. The normalized spacial score (nSPS) is 15.1. The zero-order chi connectivity index (χ0) is 19.9. The van der Waals surface area contributed by atoms with Gasteiger partial charge in [0.15, 0.2) is 0 Å². The predicted molar refractivity (Wildman–Crippen MR) is 105 cm³/mol. The number of benzene rings is 2. The Bertz CT molecular complexity index is 1080. The van der Waals surface area contributed by atoms with Crippen LogP contribution in [0.15, 0.2) is 48.5 Å². The Balaban J connectivity index is 1.63. The molecule has 0 saturated carbocycles. The van der Waals surface area contributed by atoms with Crippen LogP contribution in [-0.2, 0) is 16.1 Å². The van der Waals surface area contributed by atoms with E-state index in [1.165, 1.54) is 9.70 Å². The Morgan fingerprint density at radius 3 is 2.75 bits per heavy atom. The summed E-state index contributed by atoms with van der Waals surface area (Å²) in [6, 6.07) is 14.2. The van der Waals surface area contributed by atoms with E-state index in [0.29, 0.717) is 27.8 Å². The second-order valence-corrected chi connectivity index (χ2v) is 7.35. The first-order chi connectivity index (χ1) is 13.4. The molecule has 1 N–H and O–H groups in total. The van der Waals surface area contributed by atoms with Crippen LogP contribution < -0.4 is 10.2 Å². The van der Waals surface area contributed by atoms with E-state index in [0.717, 1.165) is 0 Å². The number of nitrogens with one attached hydrogen (secondary N) is 1. The van der Waals surface area contributed by atoms with E-state index in [4.69, 9.17) is 11.6 Å². The van der Waals surface area contributed by atoms with Crippen molar-refractivity contribution in [3.05, 3.63) is 53.6 Å². The molecule has 2 amide bonds. The number of tetrazole rings is 1. The third-order valence-corrected chi connectivity index (χ3v) is 4.80. The van der Waals surface area contributed by atoms with Crippen LogP contribution in [0, 0.1) is 0 Å². The highest BCUT2D eigenvalue weighted by Gasteiger charge is 2.43. The van der Waals surface area contributed by atoms with Crippen LogP contribution >= 0.6 is 11.6 Å². The number of carbonyl (C=O) groups is 2. The van der Waals surface area contributed by atoms with Gasteiger partial charge in [0.05, 0.1) is 11.4 Å². The van der Waals surface area contributed by atoms with E-state index in [-0.39, 0.29) is 18.4 Å². The molecule has 0 fully saturated rings. The summed E-state index contributed by atoms with van der Waals surface area (Å²) in [5.74, 6) is -0.209. The quantitative estimate of drug-likeness (QED) is 0.734. The maximum absolute atomic E-state index is 13.1.